The number of aromatic nitrogens is 1. The van der Waals surface area contributed by atoms with E-state index in [1.54, 1.807) is 0 Å². The fraction of sp³-hybridized carbons (Fsp3) is 0. The zero-order chi connectivity index (χ0) is 12.8. The van der Waals surface area contributed by atoms with Crippen LogP contribution < -0.4 is 0 Å². The second kappa shape index (κ2) is 12.9. The van der Waals surface area contributed by atoms with Gasteiger partial charge >= 0.3 is 88.7 Å². The van der Waals surface area contributed by atoms with Crippen LogP contribution >= 0.6 is 0 Å². The van der Waals surface area contributed by atoms with Crippen LogP contribution in [0.2, 0.25) is 0 Å². The minimum absolute atomic E-state index is 0. The molecule has 1 aromatic carbocycles. The maximum atomic E-state index is 10.3. The van der Waals surface area contributed by atoms with E-state index in [2.05, 4.69) is 17.1 Å². The molecule has 0 unspecified atom stereocenters. The summed E-state index contributed by atoms with van der Waals surface area (Å²) < 4.78 is 0. The van der Waals surface area contributed by atoms with E-state index in [4.69, 9.17) is 0 Å². The third-order valence-electron chi connectivity index (χ3n) is 2.34. The van der Waals surface area contributed by atoms with Crippen LogP contribution in [-0.2, 0) is 9.59 Å². The third-order valence-corrected chi connectivity index (χ3v) is 2.34. The third kappa shape index (κ3) is 8.60. The molecule has 94 valence electrons. The molecule has 2 aromatic rings. The van der Waals surface area contributed by atoms with Gasteiger partial charge in [-0.15, -0.1) is 0 Å². The fourth-order valence-corrected chi connectivity index (χ4v) is 1.46. The SMILES string of the molecule is O=C1C=CC(=O)C=C1.[NaH].[NaH].[NaH].c1ccc2ncccc2c1. The maximum Gasteiger partial charge on any atom is 0.0701 e. The molecule has 21 heavy (non-hydrogen) atoms. The number of fused-ring (bicyclic) bond motifs is 1. The van der Waals surface area contributed by atoms with Crippen LogP contribution in [-0.4, -0.2) is 105 Å². The van der Waals surface area contributed by atoms with E-state index < -0.39 is 0 Å². The van der Waals surface area contributed by atoms with Crippen LogP contribution in [0.5, 0.6) is 0 Å². The predicted molar refractivity (Wildman–Crippen MR) is 91.5 cm³/mol. The second-order valence-corrected chi connectivity index (χ2v) is 3.67. The standard InChI is InChI=1S/C9H7N.C6H4O2.3Na.3H/c1-2-6-9-8(4-1)5-3-7-10-9;7-5-1-2-6(8)4-3-5;;;;;;/h1-7H;1-4H;;;;;;. The van der Waals surface area contributed by atoms with Crippen LogP contribution in [0.3, 0.4) is 0 Å². The molecular formula is C15H14NNa3O2. The summed E-state index contributed by atoms with van der Waals surface area (Å²) >= 11 is 0. The van der Waals surface area contributed by atoms with Crippen molar-refractivity contribution in [1.29, 1.82) is 0 Å². The molecule has 3 rings (SSSR count). The van der Waals surface area contributed by atoms with Gasteiger partial charge in [0, 0.05) is 11.6 Å². The van der Waals surface area contributed by atoms with Gasteiger partial charge in [-0.25, -0.2) is 0 Å². The smallest absolute Gasteiger partial charge is 0.0701 e. The van der Waals surface area contributed by atoms with E-state index in [1.807, 2.05) is 30.5 Å². The summed E-state index contributed by atoms with van der Waals surface area (Å²) in [5, 5.41) is 1.20. The number of benzene rings is 1. The molecular weight excluding hydrogens is 295 g/mol. The Kier molecular flexibility index (Phi) is 14.6. The van der Waals surface area contributed by atoms with Crippen molar-refractivity contribution in [3.8, 4) is 0 Å². The molecule has 0 bridgehead atoms. The number of allylic oxidation sites excluding steroid dienone is 4. The van der Waals surface area contributed by atoms with Crippen molar-refractivity contribution in [2.75, 3.05) is 0 Å². The molecule has 0 N–H and O–H groups in total. The Morgan fingerprint density at radius 3 is 1.67 bits per heavy atom. The summed E-state index contributed by atoms with van der Waals surface area (Å²) in [4.78, 5) is 24.7. The first-order valence-electron chi connectivity index (χ1n) is 5.49. The first-order valence-corrected chi connectivity index (χ1v) is 5.49. The average Bonchev–Trinajstić information content (AvgIpc) is 2.43. The van der Waals surface area contributed by atoms with Gasteiger partial charge in [-0.2, -0.15) is 0 Å². The van der Waals surface area contributed by atoms with Crippen molar-refractivity contribution in [2.24, 2.45) is 0 Å². The molecule has 1 aliphatic carbocycles. The fourth-order valence-electron chi connectivity index (χ4n) is 1.46. The summed E-state index contributed by atoms with van der Waals surface area (Å²) in [5.41, 5.74) is 1.06. The quantitative estimate of drug-likeness (QED) is 0.527. The van der Waals surface area contributed by atoms with Gasteiger partial charge in [0.25, 0.3) is 0 Å². The number of hydrogen-bond acceptors (Lipinski definition) is 3. The molecule has 0 fully saturated rings. The molecule has 0 saturated heterocycles. The molecule has 0 spiro atoms. The Morgan fingerprint density at radius 2 is 1.14 bits per heavy atom. The molecule has 3 nitrogen and oxygen atoms in total. The van der Waals surface area contributed by atoms with Crippen LogP contribution in [0.25, 0.3) is 10.9 Å². The molecule has 1 aromatic heterocycles. The number of ketones is 2. The van der Waals surface area contributed by atoms with Crippen molar-refractivity contribution < 1.29 is 9.59 Å². The number of carbonyl (C=O) groups excluding carboxylic acids is 2. The number of hydrogen-bond donors (Lipinski definition) is 0. The number of nitrogens with zero attached hydrogens (tertiary/aromatic N) is 1. The Morgan fingerprint density at radius 1 is 0.667 bits per heavy atom. The summed E-state index contributed by atoms with van der Waals surface area (Å²) in [6, 6.07) is 12.1. The van der Waals surface area contributed by atoms with E-state index in [0.717, 1.165) is 5.52 Å². The first-order chi connectivity index (χ1) is 8.75. The first kappa shape index (κ1) is 23.7. The Bertz CT molecular complexity index is 551. The van der Waals surface area contributed by atoms with E-state index in [-0.39, 0.29) is 100 Å². The van der Waals surface area contributed by atoms with Crippen molar-refractivity contribution in [3.05, 3.63) is 66.9 Å². The summed E-state index contributed by atoms with van der Waals surface area (Å²) in [7, 11) is 0. The number of carbonyl (C=O) groups is 2. The minimum atomic E-state index is -0.121. The van der Waals surface area contributed by atoms with E-state index in [1.165, 1.54) is 29.7 Å². The van der Waals surface area contributed by atoms with Crippen molar-refractivity contribution in [1.82, 2.24) is 4.98 Å². The van der Waals surface area contributed by atoms with Crippen LogP contribution in [0, 0.1) is 0 Å². The molecule has 1 heterocycles. The topological polar surface area (TPSA) is 47.0 Å². The Hall–Kier alpha value is 0.450. The molecule has 0 saturated carbocycles. The maximum absolute atomic E-state index is 10.3. The molecule has 0 amide bonds. The molecule has 1 aliphatic rings. The van der Waals surface area contributed by atoms with Gasteiger partial charge < -0.3 is 0 Å². The van der Waals surface area contributed by atoms with Gasteiger partial charge in [0.1, 0.15) is 0 Å². The van der Waals surface area contributed by atoms with Crippen molar-refractivity contribution in [2.45, 2.75) is 0 Å². The Labute approximate surface area is 190 Å². The summed E-state index contributed by atoms with van der Waals surface area (Å²) in [6.07, 6.45) is 6.82. The van der Waals surface area contributed by atoms with E-state index in [9.17, 15) is 9.59 Å². The van der Waals surface area contributed by atoms with Gasteiger partial charge in [-0.3, -0.25) is 14.6 Å². The number of rotatable bonds is 0. The molecule has 0 radical (unpaired) electrons. The van der Waals surface area contributed by atoms with E-state index in [0.29, 0.717) is 0 Å². The van der Waals surface area contributed by atoms with Gasteiger partial charge in [0.2, 0.25) is 0 Å². The van der Waals surface area contributed by atoms with Crippen LogP contribution in [0.4, 0.5) is 0 Å². The average molecular weight is 309 g/mol. The second-order valence-electron chi connectivity index (χ2n) is 3.67. The molecule has 6 heteroatoms. The zero-order valence-corrected chi connectivity index (χ0v) is 9.61. The van der Waals surface area contributed by atoms with Crippen molar-refractivity contribution in [3.63, 3.8) is 0 Å². The van der Waals surface area contributed by atoms with E-state index >= 15 is 0 Å². The molecule has 0 atom stereocenters. The van der Waals surface area contributed by atoms with Gasteiger partial charge in [0.05, 0.1) is 5.52 Å². The molecule has 0 aliphatic heterocycles. The minimum Gasteiger partial charge on any atom is -0.256 e. The largest absolute Gasteiger partial charge is 0.256 e. The van der Waals surface area contributed by atoms with Gasteiger partial charge in [-0.05, 0) is 36.4 Å². The number of pyridine rings is 1. The normalized spacial score (nSPS) is 11.4. The van der Waals surface area contributed by atoms with Gasteiger partial charge in [-0.1, -0.05) is 24.3 Å². The van der Waals surface area contributed by atoms with Crippen LogP contribution in [0.1, 0.15) is 0 Å². The number of para-hydroxylation sites is 1. The van der Waals surface area contributed by atoms with Crippen LogP contribution in [0.15, 0.2) is 66.9 Å². The monoisotopic (exact) mass is 309 g/mol. The zero-order valence-electron chi connectivity index (χ0n) is 9.61. The predicted octanol–water partition coefficient (Wildman–Crippen LogP) is 0.540. The summed E-state index contributed by atoms with van der Waals surface area (Å²) in [6.45, 7) is 0. The Balaban J connectivity index is 0. The summed E-state index contributed by atoms with van der Waals surface area (Å²) in [5.74, 6) is -0.241. The van der Waals surface area contributed by atoms with Crippen molar-refractivity contribution >= 4 is 111 Å². The van der Waals surface area contributed by atoms with Gasteiger partial charge in [0.15, 0.2) is 11.6 Å².